The molecule has 158 valence electrons. The first-order valence-corrected chi connectivity index (χ1v) is 9.18. The van der Waals surface area contributed by atoms with Crippen molar-refractivity contribution < 1.29 is 32.0 Å². The van der Waals surface area contributed by atoms with Gasteiger partial charge in [0.1, 0.15) is 6.61 Å². The number of likely N-dealkylation sites (tertiary alicyclic amines) is 1. The molecule has 1 fully saturated rings. The van der Waals surface area contributed by atoms with Gasteiger partial charge in [0, 0.05) is 39.0 Å². The number of aromatic nitrogens is 2. The van der Waals surface area contributed by atoms with Crippen LogP contribution in [-0.2, 0) is 19.7 Å². The first-order valence-electron chi connectivity index (χ1n) is 9.18. The minimum Gasteiger partial charge on any atom is -0.385 e. The van der Waals surface area contributed by atoms with Crippen molar-refractivity contribution in [2.45, 2.75) is 24.4 Å². The number of nitrogens with zero attached hydrogens (tertiary/aromatic N) is 3. The Balaban J connectivity index is 1.73. The van der Waals surface area contributed by atoms with Gasteiger partial charge in [0.25, 0.3) is 0 Å². The minimum atomic E-state index is -4.65. The van der Waals surface area contributed by atoms with E-state index in [4.69, 9.17) is 14.0 Å². The van der Waals surface area contributed by atoms with E-state index in [1.807, 2.05) is 0 Å². The zero-order chi connectivity index (χ0) is 20.9. The maximum Gasteiger partial charge on any atom is 0.405 e. The van der Waals surface area contributed by atoms with E-state index < -0.39 is 29.9 Å². The molecule has 0 bridgehead atoms. The van der Waals surface area contributed by atoms with Gasteiger partial charge in [0.15, 0.2) is 5.41 Å². The van der Waals surface area contributed by atoms with Crippen LogP contribution in [-0.4, -0.2) is 67.1 Å². The maximum absolute atomic E-state index is 14.0. The Hall–Kier alpha value is -2.46. The lowest BCUT2D eigenvalue weighted by atomic mass is 9.86. The predicted molar refractivity (Wildman–Crippen MR) is 96.0 cm³/mol. The molecule has 1 aromatic carbocycles. The third-order valence-electron chi connectivity index (χ3n) is 4.89. The Kier molecular flexibility index (Phi) is 6.53. The molecule has 1 unspecified atom stereocenters. The van der Waals surface area contributed by atoms with Crippen LogP contribution in [0.4, 0.5) is 13.2 Å². The minimum absolute atomic E-state index is 0.0666. The molecule has 1 aliphatic rings. The van der Waals surface area contributed by atoms with E-state index in [0.29, 0.717) is 25.2 Å². The average molecular weight is 413 g/mol. The molecule has 29 heavy (non-hydrogen) atoms. The molecule has 0 radical (unpaired) electrons. The summed E-state index contributed by atoms with van der Waals surface area (Å²) in [5.41, 5.74) is -1.84. The number of ether oxygens (including phenoxy) is 2. The Morgan fingerprint density at radius 1 is 1.28 bits per heavy atom. The third-order valence-corrected chi connectivity index (χ3v) is 4.89. The third kappa shape index (κ3) is 4.59. The van der Waals surface area contributed by atoms with Gasteiger partial charge >= 0.3 is 6.18 Å². The fourth-order valence-electron chi connectivity index (χ4n) is 3.23. The summed E-state index contributed by atoms with van der Waals surface area (Å²) in [4.78, 5) is 17.4. The van der Waals surface area contributed by atoms with Crippen LogP contribution in [0.2, 0.25) is 0 Å². The smallest absolute Gasteiger partial charge is 0.385 e. The van der Waals surface area contributed by atoms with Crippen molar-refractivity contribution in [3.63, 3.8) is 0 Å². The molecular formula is C19H22F3N3O4. The summed E-state index contributed by atoms with van der Waals surface area (Å²) in [5.74, 6) is -0.952. The second-order valence-corrected chi connectivity index (χ2v) is 6.83. The molecule has 2 heterocycles. The van der Waals surface area contributed by atoms with E-state index in [1.165, 1.54) is 0 Å². The Morgan fingerprint density at radius 2 is 2.03 bits per heavy atom. The molecule has 0 spiro atoms. The lowest BCUT2D eigenvalue weighted by Gasteiger charge is -2.27. The largest absolute Gasteiger partial charge is 0.405 e. The molecular weight excluding hydrogens is 391 g/mol. The molecule has 7 nitrogen and oxygen atoms in total. The van der Waals surface area contributed by atoms with Crippen molar-refractivity contribution in [3.8, 4) is 11.4 Å². The second-order valence-electron chi connectivity index (χ2n) is 6.83. The van der Waals surface area contributed by atoms with Crippen LogP contribution in [0.3, 0.4) is 0 Å². The zero-order valence-corrected chi connectivity index (χ0v) is 15.9. The van der Waals surface area contributed by atoms with Crippen LogP contribution in [0, 0.1) is 0 Å². The number of amides is 1. The van der Waals surface area contributed by atoms with Crippen molar-refractivity contribution in [2.75, 3.05) is 40.0 Å². The number of rotatable bonds is 8. The summed E-state index contributed by atoms with van der Waals surface area (Å²) in [7, 11) is 1.55. The number of carbonyl (C=O) groups excluding carboxylic acids is 1. The molecule has 0 aliphatic carbocycles. The van der Waals surface area contributed by atoms with Gasteiger partial charge in [-0.15, -0.1) is 0 Å². The van der Waals surface area contributed by atoms with Crippen LogP contribution in [0.5, 0.6) is 0 Å². The van der Waals surface area contributed by atoms with Gasteiger partial charge in [-0.05, 0) is 12.8 Å². The highest BCUT2D eigenvalue weighted by atomic mass is 19.4. The van der Waals surface area contributed by atoms with Gasteiger partial charge in [-0.3, -0.25) is 4.79 Å². The number of hydrogen-bond acceptors (Lipinski definition) is 6. The molecule has 3 rings (SSSR count). The Bertz CT molecular complexity index is 813. The number of halogens is 3. The number of carbonyl (C=O) groups is 1. The van der Waals surface area contributed by atoms with Gasteiger partial charge in [-0.25, -0.2) is 0 Å². The Morgan fingerprint density at radius 3 is 2.72 bits per heavy atom. The van der Waals surface area contributed by atoms with E-state index in [0.717, 1.165) is 4.90 Å². The van der Waals surface area contributed by atoms with Gasteiger partial charge in [0.2, 0.25) is 17.6 Å². The van der Waals surface area contributed by atoms with Crippen LogP contribution in [0.15, 0.2) is 34.9 Å². The molecule has 0 N–H and O–H groups in total. The maximum atomic E-state index is 14.0. The van der Waals surface area contributed by atoms with E-state index in [2.05, 4.69) is 10.1 Å². The molecule has 10 heteroatoms. The van der Waals surface area contributed by atoms with Crippen LogP contribution in [0.1, 0.15) is 18.7 Å². The predicted octanol–water partition coefficient (Wildman–Crippen LogP) is 2.82. The summed E-state index contributed by atoms with van der Waals surface area (Å²) in [5, 5.41) is 3.71. The number of benzene rings is 1. The van der Waals surface area contributed by atoms with E-state index in [1.54, 1.807) is 37.4 Å². The molecule has 1 amide bonds. The summed E-state index contributed by atoms with van der Waals surface area (Å²) in [6.07, 6.45) is -4.40. The number of methoxy groups -OCH3 is 1. The first-order chi connectivity index (χ1) is 13.9. The summed E-state index contributed by atoms with van der Waals surface area (Å²) in [6.45, 7) is -0.148. The van der Waals surface area contributed by atoms with Crippen LogP contribution >= 0.6 is 0 Å². The Labute approximate surface area is 165 Å². The van der Waals surface area contributed by atoms with Crippen molar-refractivity contribution in [2.24, 2.45) is 0 Å². The lowest BCUT2D eigenvalue weighted by molar-refractivity contribution is -0.194. The van der Waals surface area contributed by atoms with Crippen LogP contribution in [0.25, 0.3) is 11.4 Å². The summed E-state index contributed by atoms with van der Waals surface area (Å²) >= 11 is 0. The molecule has 1 aliphatic heterocycles. The molecule has 2 aromatic rings. The van der Waals surface area contributed by atoms with Gasteiger partial charge in [-0.2, -0.15) is 18.2 Å². The number of hydrogen-bond donors (Lipinski definition) is 0. The molecule has 1 aromatic heterocycles. The second kappa shape index (κ2) is 8.91. The average Bonchev–Trinajstić information content (AvgIpc) is 3.36. The first kappa shape index (κ1) is 21.3. The number of alkyl halides is 3. The summed E-state index contributed by atoms with van der Waals surface area (Å²) in [6, 6.07) is 8.60. The highest BCUT2D eigenvalue weighted by molar-refractivity contribution is 5.78. The van der Waals surface area contributed by atoms with Gasteiger partial charge < -0.3 is 18.9 Å². The highest BCUT2D eigenvalue weighted by Crippen LogP contribution is 2.47. The van der Waals surface area contributed by atoms with E-state index >= 15 is 0 Å². The van der Waals surface area contributed by atoms with Gasteiger partial charge in [-0.1, -0.05) is 35.5 Å². The standard InChI is InChI=1S/C19H22F3N3O4/c1-27-10-5-11-28-12-15(26)25-9-8-18(13-25,19(20,21)22)17-23-16(24-29-17)14-6-3-2-4-7-14/h2-4,6-7H,5,8-13H2,1H3. The fraction of sp³-hybridized carbons (Fsp3) is 0.526. The SMILES string of the molecule is COCCCOCC(=O)N1CCC(c2nc(-c3ccccc3)no2)(C(F)(F)F)C1. The lowest BCUT2D eigenvalue weighted by Crippen LogP contribution is -2.46. The molecule has 1 atom stereocenters. The van der Waals surface area contributed by atoms with Crippen LogP contribution < -0.4 is 0 Å². The van der Waals surface area contributed by atoms with E-state index in [9.17, 15) is 18.0 Å². The monoisotopic (exact) mass is 413 g/mol. The van der Waals surface area contributed by atoms with E-state index in [-0.39, 0.29) is 25.4 Å². The fourth-order valence-corrected chi connectivity index (χ4v) is 3.23. The van der Waals surface area contributed by atoms with Crippen molar-refractivity contribution in [1.29, 1.82) is 0 Å². The van der Waals surface area contributed by atoms with Gasteiger partial charge in [0.05, 0.1) is 0 Å². The topological polar surface area (TPSA) is 77.7 Å². The normalized spacial score (nSPS) is 19.7. The zero-order valence-electron chi connectivity index (χ0n) is 15.9. The molecule has 0 saturated carbocycles. The van der Waals surface area contributed by atoms with Crippen molar-refractivity contribution in [3.05, 3.63) is 36.2 Å². The summed E-state index contributed by atoms with van der Waals surface area (Å²) < 4.78 is 57.2. The van der Waals surface area contributed by atoms with Crippen molar-refractivity contribution in [1.82, 2.24) is 15.0 Å². The highest BCUT2D eigenvalue weighted by Gasteiger charge is 2.63. The van der Waals surface area contributed by atoms with Crippen molar-refractivity contribution >= 4 is 5.91 Å². The quantitative estimate of drug-likeness (QED) is 0.620. The molecule has 1 saturated heterocycles.